The van der Waals surface area contributed by atoms with Gasteiger partial charge in [-0.25, -0.2) is 4.79 Å². The molecule has 4 nitrogen and oxygen atoms in total. The highest BCUT2D eigenvalue weighted by molar-refractivity contribution is 7.98. The summed E-state index contributed by atoms with van der Waals surface area (Å²) in [4.78, 5) is 10.5. The van der Waals surface area contributed by atoms with Gasteiger partial charge in [0.2, 0.25) is 0 Å². The van der Waals surface area contributed by atoms with Gasteiger partial charge in [0.05, 0.1) is 7.11 Å². The van der Waals surface area contributed by atoms with Crippen molar-refractivity contribution >= 4 is 23.8 Å². The summed E-state index contributed by atoms with van der Waals surface area (Å²) >= 11 is 1.72. The van der Waals surface area contributed by atoms with E-state index in [1.165, 1.54) is 0 Å². The van der Waals surface area contributed by atoms with Gasteiger partial charge < -0.3 is 14.9 Å². The summed E-state index contributed by atoms with van der Waals surface area (Å²) in [5.41, 5.74) is 1.86. The number of carbonyl (C=O) groups is 1. The molecule has 1 atom stereocenters. The molecule has 0 aliphatic heterocycles. The SMILES string of the molecule is COc1ccc(C=CC(=O)O)cc1CSCC(C)CO. The molecule has 1 aromatic rings. The average Bonchev–Trinajstić information content (AvgIpc) is 2.45. The Hall–Kier alpha value is -1.46. The number of methoxy groups -OCH3 is 1. The summed E-state index contributed by atoms with van der Waals surface area (Å²) in [5.74, 6) is 1.73. The molecule has 0 heterocycles. The lowest BCUT2D eigenvalue weighted by Gasteiger charge is -2.11. The Balaban J connectivity index is 2.75. The van der Waals surface area contributed by atoms with E-state index in [4.69, 9.17) is 14.9 Å². The highest BCUT2D eigenvalue weighted by atomic mass is 32.2. The van der Waals surface area contributed by atoms with Crippen LogP contribution in [-0.2, 0) is 10.5 Å². The fraction of sp³-hybridized carbons (Fsp3) is 0.400. The molecule has 20 heavy (non-hydrogen) atoms. The molecule has 0 bridgehead atoms. The van der Waals surface area contributed by atoms with E-state index in [0.717, 1.165) is 34.5 Å². The Bertz CT molecular complexity index is 471. The predicted molar refractivity (Wildman–Crippen MR) is 82.1 cm³/mol. The second-order valence-corrected chi connectivity index (χ2v) is 5.58. The second-order valence-electron chi connectivity index (χ2n) is 4.55. The molecule has 0 aromatic heterocycles. The van der Waals surface area contributed by atoms with E-state index in [-0.39, 0.29) is 12.5 Å². The number of ether oxygens (including phenoxy) is 1. The van der Waals surface area contributed by atoms with Crippen molar-refractivity contribution in [3.63, 3.8) is 0 Å². The molecule has 1 aromatic carbocycles. The van der Waals surface area contributed by atoms with Gasteiger partial charge in [0.1, 0.15) is 5.75 Å². The number of aliphatic carboxylic acids is 1. The van der Waals surface area contributed by atoms with E-state index < -0.39 is 5.97 Å². The van der Waals surface area contributed by atoms with Crippen LogP contribution in [0.25, 0.3) is 6.08 Å². The van der Waals surface area contributed by atoms with E-state index in [1.807, 2.05) is 25.1 Å². The zero-order chi connectivity index (χ0) is 15.0. The highest BCUT2D eigenvalue weighted by Gasteiger charge is 2.06. The molecule has 0 aliphatic rings. The van der Waals surface area contributed by atoms with Crippen LogP contribution in [0.3, 0.4) is 0 Å². The Morgan fingerprint density at radius 2 is 2.25 bits per heavy atom. The summed E-state index contributed by atoms with van der Waals surface area (Å²) in [6, 6.07) is 5.59. The lowest BCUT2D eigenvalue weighted by Crippen LogP contribution is -2.03. The zero-order valence-corrected chi connectivity index (χ0v) is 12.5. The second kappa shape index (κ2) is 8.66. The minimum atomic E-state index is -0.964. The zero-order valence-electron chi connectivity index (χ0n) is 11.7. The monoisotopic (exact) mass is 296 g/mol. The molecule has 0 amide bonds. The van der Waals surface area contributed by atoms with Crippen molar-refractivity contribution in [2.45, 2.75) is 12.7 Å². The van der Waals surface area contributed by atoms with Gasteiger partial charge in [0, 0.05) is 24.0 Å². The van der Waals surface area contributed by atoms with Crippen molar-refractivity contribution in [1.29, 1.82) is 0 Å². The summed E-state index contributed by atoms with van der Waals surface area (Å²) in [6.07, 6.45) is 2.68. The fourth-order valence-electron chi connectivity index (χ4n) is 1.61. The maximum absolute atomic E-state index is 10.5. The van der Waals surface area contributed by atoms with Crippen LogP contribution in [0.5, 0.6) is 5.75 Å². The molecular weight excluding hydrogens is 276 g/mol. The third-order valence-electron chi connectivity index (χ3n) is 2.69. The standard InChI is InChI=1S/C15H20O4S/c1-11(8-16)9-20-10-13-7-12(4-6-15(17)18)3-5-14(13)19-2/h3-7,11,16H,8-10H2,1-2H3,(H,17,18). The van der Waals surface area contributed by atoms with Gasteiger partial charge in [-0.1, -0.05) is 13.0 Å². The minimum absolute atomic E-state index is 0.186. The Kier molecular flexibility index (Phi) is 7.18. The van der Waals surface area contributed by atoms with Gasteiger partial charge in [0.15, 0.2) is 0 Å². The number of benzene rings is 1. The number of thioether (sulfide) groups is 1. The number of carboxylic acid groups (broad SMARTS) is 1. The lowest BCUT2D eigenvalue weighted by molar-refractivity contribution is -0.131. The van der Waals surface area contributed by atoms with Crippen LogP contribution in [0, 0.1) is 5.92 Å². The van der Waals surface area contributed by atoms with Crippen LogP contribution in [0.2, 0.25) is 0 Å². The molecular formula is C15H20O4S. The molecule has 1 rings (SSSR count). The van der Waals surface area contributed by atoms with Gasteiger partial charge in [-0.15, -0.1) is 0 Å². The minimum Gasteiger partial charge on any atom is -0.496 e. The Morgan fingerprint density at radius 1 is 1.50 bits per heavy atom. The number of aliphatic hydroxyl groups excluding tert-OH is 1. The van der Waals surface area contributed by atoms with Crippen molar-refractivity contribution in [3.05, 3.63) is 35.4 Å². The number of carboxylic acids is 1. The Labute approximate surface area is 123 Å². The average molecular weight is 296 g/mol. The molecule has 5 heteroatoms. The van der Waals surface area contributed by atoms with Gasteiger partial charge in [0.25, 0.3) is 0 Å². The third-order valence-corrected chi connectivity index (χ3v) is 4.01. The number of hydrogen-bond donors (Lipinski definition) is 2. The van der Waals surface area contributed by atoms with Crippen molar-refractivity contribution in [2.24, 2.45) is 5.92 Å². The normalized spacial score (nSPS) is 12.6. The maximum Gasteiger partial charge on any atom is 0.328 e. The van der Waals surface area contributed by atoms with Crippen LogP contribution >= 0.6 is 11.8 Å². The topological polar surface area (TPSA) is 66.8 Å². The molecule has 0 saturated carbocycles. The summed E-state index contributed by atoms with van der Waals surface area (Å²) in [7, 11) is 1.62. The molecule has 110 valence electrons. The van der Waals surface area contributed by atoms with Gasteiger partial charge >= 0.3 is 5.97 Å². The maximum atomic E-state index is 10.5. The first-order valence-corrected chi connectivity index (χ1v) is 7.48. The number of rotatable bonds is 8. The summed E-state index contributed by atoms with van der Waals surface area (Å²) in [6.45, 7) is 2.18. The Morgan fingerprint density at radius 3 is 2.85 bits per heavy atom. The van der Waals surface area contributed by atoms with Crippen LogP contribution in [0.1, 0.15) is 18.1 Å². The molecule has 0 saturated heterocycles. The quantitative estimate of drug-likeness (QED) is 0.722. The van der Waals surface area contributed by atoms with E-state index in [1.54, 1.807) is 24.9 Å². The highest BCUT2D eigenvalue weighted by Crippen LogP contribution is 2.26. The van der Waals surface area contributed by atoms with E-state index in [0.29, 0.717) is 0 Å². The largest absolute Gasteiger partial charge is 0.496 e. The van der Waals surface area contributed by atoms with Gasteiger partial charge in [-0.2, -0.15) is 11.8 Å². The first-order valence-electron chi connectivity index (χ1n) is 6.33. The molecule has 0 spiro atoms. The van der Waals surface area contributed by atoms with Crippen molar-refractivity contribution in [1.82, 2.24) is 0 Å². The first kappa shape index (κ1) is 16.6. The van der Waals surface area contributed by atoms with Gasteiger partial charge in [-0.3, -0.25) is 0 Å². The smallest absolute Gasteiger partial charge is 0.328 e. The molecule has 0 radical (unpaired) electrons. The van der Waals surface area contributed by atoms with Crippen molar-refractivity contribution in [3.8, 4) is 5.75 Å². The molecule has 0 aliphatic carbocycles. The van der Waals surface area contributed by atoms with Crippen LogP contribution in [0.15, 0.2) is 24.3 Å². The first-order chi connectivity index (χ1) is 9.56. The molecule has 2 N–H and O–H groups in total. The van der Waals surface area contributed by atoms with E-state index >= 15 is 0 Å². The number of aliphatic hydroxyl groups is 1. The summed E-state index contributed by atoms with van der Waals surface area (Å²) in [5, 5.41) is 17.6. The van der Waals surface area contributed by atoms with Crippen molar-refractivity contribution in [2.75, 3.05) is 19.5 Å². The van der Waals surface area contributed by atoms with E-state index in [9.17, 15) is 4.79 Å². The fourth-order valence-corrected chi connectivity index (χ4v) is 2.68. The predicted octanol–water partition coefficient (Wildman–Crippen LogP) is 2.65. The van der Waals surface area contributed by atoms with Crippen LogP contribution in [0.4, 0.5) is 0 Å². The van der Waals surface area contributed by atoms with Crippen LogP contribution in [-0.4, -0.2) is 35.7 Å². The number of hydrogen-bond acceptors (Lipinski definition) is 4. The molecule has 1 unspecified atom stereocenters. The van der Waals surface area contributed by atoms with Crippen molar-refractivity contribution < 1.29 is 19.7 Å². The summed E-state index contributed by atoms with van der Waals surface area (Å²) < 4.78 is 5.31. The third kappa shape index (κ3) is 5.67. The van der Waals surface area contributed by atoms with Gasteiger partial charge in [-0.05, 0) is 35.4 Å². The molecule has 0 fully saturated rings. The van der Waals surface area contributed by atoms with E-state index in [2.05, 4.69) is 0 Å². The van der Waals surface area contributed by atoms with Crippen LogP contribution < -0.4 is 4.74 Å². The lowest BCUT2D eigenvalue weighted by atomic mass is 10.1.